The summed E-state index contributed by atoms with van der Waals surface area (Å²) >= 11 is 0. The minimum absolute atomic E-state index is 0.106. The zero-order valence-corrected chi connectivity index (χ0v) is 13.4. The van der Waals surface area contributed by atoms with E-state index in [1.54, 1.807) is 13.3 Å². The summed E-state index contributed by atoms with van der Waals surface area (Å²) in [4.78, 5) is 4.27. The lowest BCUT2D eigenvalue weighted by Gasteiger charge is -2.37. The number of aromatic nitrogens is 1. The molecule has 0 fully saturated rings. The van der Waals surface area contributed by atoms with Crippen LogP contribution in [0.4, 0.5) is 0 Å². The fraction of sp³-hybridized carbons (Fsp3) is 0.688. The van der Waals surface area contributed by atoms with E-state index in [4.69, 9.17) is 9.47 Å². The third kappa shape index (κ3) is 4.18. The molecule has 20 heavy (non-hydrogen) atoms. The highest BCUT2D eigenvalue weighted by Crippen LogP contribution is 2.33. The van der Waals surface area contributed by atoms with Crippen molar-refractivity contribution in [3.63, 3.8) is 0 Å². The molecule has 0 amide bonds. The predicted octanol–water partition coefficient (Wildman–Crippen LogP) is 3.34. The number of nitrogens with one attached hydrogen (secondary N) is 1. The summed E-state index contributed by atoms with van der Waals surface area (Å²) < 4.78 is 11.3. The highest BCUT2D eigenvalue weighted by molar-refractivity contribution is 5.28. The Kier molecular flexibility index (Phi) is 6.96. The zero-order valence-electron chi connectivity index (χ0n) is 13.4. The molecule has 0 aliphatic heterocycles. The first-order valence-electron chi connectivity index (χ1n) is 7.47. The molecule has 0 aromatic carbocycles. The molecule has 1 aromatic heterocycles. The first kappa shape index (κ1) is 16.9. The molecule has 114 valence electrons. The quantitative estimate of drug-likeness (QED) is 0.753. The maximum Gasteiger partial charge on any atom is 0.137 e. The Morgan fingerprint density at radius 1 is 1.30 bits per heavy atom. The Morgan fingerprint density at radius 3 is 2.60 bits per heavy atom. The van der Waals surface area contributed by atoms with Crippen LogP contribution in [0, 0.1) is 0 Å². The van der Waals surface area contributed by atoms with E-state index in [-0.39, 0.29) is 11.6 Å². The van der Waals surface area contributed by atoms with Gasteiger partial charge in [-0.3, -0.25) is 4.98 Å². The number of methoxy groups -OCH3 is 1. The van der Waals surface area contributed by atoms with E-state index in [1.165, 1.54) is 0 Å². The van der Waals surface area contributed by atoms with Gasteiger partial charge in [-0.2, -0.15) is 0 Å². The van der Waals surface area contributed by atoms with Gasteiger partial charge in [-0.1, -0.05) is 13.8 Å². The lowest BCUT2D eigenvalue weighted by Crippen LogP contribution is -2.44. The summed E-state index contributed by atoms with van der Waals surface area (Å²) in [5.41, 5.74) is 0.855. The van der Waals surface area contributed by atoms with E-state index in [9.17, 15) is 0 Å². The Hall–Kier alpha value is -1.13. The van der Waals surface area contributed by atoms with E-state index in [1.807, 2.05) is 19.2 Å². The SMILES string of the molecule is CCCNC(c1cncc(OC)c1)C(C)(CC)OCC. The fourth-order valence-electron chi connectivity index (χ4n) is 2.40. The topological polar surface area (TPSA) is 43.4 Å². The van der Waals surface area contributed by atoms with Crippen molar-refractivity contribution in [2.24, 2.45) is 0 Å². The Labute approximate surface area is 122 Å². The highest BCUT2D eigenvalue weighted by Gasteiger charge is 2.34. The van der Waals surface area contributed by atoms with Gasteiger partial charge in [0, 0.05) is 12.8 Å². The fourth-order valence-corrected chi connectivity index (χ4v) is 2.40. The van der Waals surface area contributed by atoms with Gasteiger partial charge in [0.1, 0.15) is 5.75 Å². The van der Waals surface area contributed by atoms with Gasteiger partial charge in [-0.25, -0.2) is 0 Å². The number of rotatable bonds is 9. The Balaban J connectivity index is 3.08. The van der Waals surface area contributed by atoms with Gasteiger partial charge < -0.3 is 14.8 Å². The van der Waals surface area contributed by atoms with Gasteiger partial charge in [0.05, 0.1) is 24.9 Å². The van der Waals surface area contributed by atoms with Gasteiger partial charge >= 0.3 is 0 Å². The second-order valence-electron chi connectivity index (χ2n) is 5.14. The molecule has 4 heteroatoms. The average molecular weight is 280 g/mol. The van der Waals surface area contributed by atoms with Gasteiger partial charge in [0.25, 0.3) is 0 Å². The van der Waals surface area contributed by atoms with E-state index in [0.717, 1.165) is 30.7 Å². The van der Waals surface area contributed by atoms with Crippen molar-refractivity contribution >= 4 is 0 Å². The van der Waals surface area contributed by atoms with Crippen LogP contribution in [-0.2, 0) is 4.74 Å². The molecule has 4 nitrogen and oxygen atoms in total. The summed E-state index contributed by atoms with van der Waals surface area (Å²) in [6, 6.07) is 2.14. The summed E-state index contributed by atoms with van der Waals surface area (Å²) in [7, 11) is 1.66. The van der Waals surface area contributed by atoms with Crippen molar-refractivity contribution in [1.29, 1.82) is 0 Å². The van der Waals surface area contributed by atoms with Crippen LogP contribution in [0.5, 0.6) is 5.75 Å². The van der Waals surface area contributed by atoms with Crippen molar-refractivity contribution in [1.82, 2.24) is 10.3 Å². The second kappa shape index (κ2) is 8.22. The first-order chi connectivity index (χ1) is 9.61. The van der Waals surface area contributed by atoms with Crippen LogP contribution in [0.25, 0.3) is 0 Å². The predicted molar refractivity (Wildman–Crippen MR) is 82.1 cm³/mol. The molecule has 0 bridgehead atoms. The molecule has 1 aromatic rings. The van der Waals surface area contributed by atoms with Crippen LogP contribution in [0.15, 0.2) is 18.5 Å². The Morgan fingerprint density at radius 2 is 2.05 bits per heavy atom. The third-order valence-electron chi connectivity index (χ3n) is 3.69. The number of nitrogens with zero attached hydrogens (tertiary/aromatic N) is 1. The smallest absolute Gasteiger partial charge is 0.137 e. The average Bonchev–Trinajstić information content (AvgIpc) is 2.48. The summed E-state index contributed by atoms with van der Waals surface area (Å²) in [5.74, 6) is 0.778. The number of pyridine rings is 1. The minimum Gasteiger partial charge on any atom is -0.495 e. The molecule has 1 heterocycles. The molecular weight excluding hydrogens is 252 g/mol. The lowest BCUT2D eigenvalue weighted by molar-refractivity contribution is -0.0563. The van der Waals surface area contributed by atoms with Crippen molar-refractivity contribution in [3.05, 3.63) is 24.0 Å². The van der Waals surface area contributed by atoms with Crippen molar-refractivity contribution in [2.45, 2.75) is 52.2 Å². The Bertz CT molecular complexity index is 398. The molecule has 2 atom stereocenters. The second-order valence-corrected chi connectivity index (χ2v) is 5.14. The normalized spacial score (nSPS) is 15.7. The van der Waals surface area contributed by atoms with E-state index >= 15 is 0 Å². The number of hydrogen-bond donors (Lipinski definition) is 1. The lowest BCUT2D eigenvalue weighted by atomic mass is 9.88. The number of hydrogen-bond acceptors (Lipinski definition) is 4. The highest BCUT2D eigenvalue weighted by atomic mass is 16.5. The third-order valence-corrected chi connectivity index (χ3v) is 3.69. The van der Waals surface area contributed by atoms with Gasteiger partial charge in [0.2, 0.25) is 0 Å². The standard InChI is InChI=1S/C16H28N2O2/c1-6-9-18-15(16(4,7-2)20-8-3)13-10-14(19-5)12-17-11-13/h10-12,15,18H,6-9H2,1-5H3. The van der Waals surface area contributed by atoms with Crippen molar-refractivity contribution in [3.8, 4) is 5.75 Å². The largest absolute Gasteiger partial charge is 0.495 e. The minimum atomic E-state index is -0.252. The molecule has 1 rings (SSSR count). The van der Waals surface area contributed by atoms with Gasteiger partial charge in [0.15, 0.2) is 0 Å². The van der Waals surface area contributed by atoms with E-state index < -0.39 is 0 Å². The maximum absolute atomic E-state index is 6.03. The van der Waals surface area contributed by atoms with Crippen LogP contribution in [0.2, 0.25) is 0 Å². The molecule has 0 aliphatic carbocycles. The zero-order chi connectivity index (χ0) is 15.0. The first-order valence-corrected chi connectivity index (χ1v) is 7.47. The maximum atomic E-state index is 6.03. The molecule has 0 saturated heterocycles. The van der Waals surface area contributed by atoms with E-state index in [0.29, 0.717) is 6.61 Å². The molecular formula is C16H28N2O2. The van der Waals surface area contributed by atoms with Crippen LogP contribution >= 0.6 is 0 Å². The van der Waals surface area contributed by atoms with Crippen molar-refractivity contribution < 1.29 is 9.47 Å². The monoisotopic (exact) mass is 280 g/mol. The summed E-state index contributed by atoms with van der Waals surface area (Å²) in [6.07, 6.45) is 5.63. The van der Waals surface area contributed by atoms with Crippen LogP contribution in [0.1, 0.15) is 52.1 Å². The molecule has 1 N–H and O–H groups in total. The van der Waals surface area contributed by atoms with Gasteiger partial charge in [-0.15, -0.1) is 0 Å². The molecule has 0 radical (unpaired) electrons. The summed E-state index contributed by atoms with van der Waals surface area (Å²) in [6.45, 7) is 10.2. The molecule has 0 spiro atoms. The molecule has 0 saturated carbocycles. The number of ether oxygens (including phenoxy) is 2. The summed E-state index contributed by atoms with van der Waals surface area (Å²) in [5, 5.41) is 3.59. The van der Waals surface area contributed by atoms with E-state index in [2.05, 4.69) is 31.1 Å². The van der Waals surface area contributed by atoms with Crippen LogP contribution < -0.4 is 10.1 Å². The van der Waals surface area contributed by atoms with Crippen LogP contribution in [-0.4, -0.2) is 30.8 Å². The molecule has 0 aliphatic rings. The van der Waals surface area contributed by atoms with Crippen LogP contribution in [0.3, 0.4) is 0 Å². The molecule has 2 unspecified atom stereocenters. The van der Waals surface area contributed by atoms with Gasteiger partial charge in [-0.05, 0) is 44.9 Å². The van der Waals surface area contributed by atoms with Crippen molar-refractivity contribution in [2.75, 3.05) is 20.3 Å².